The summed E-state index contributed by atoms with van der Waals surface area (Å²) >= 11 is 5.83. The van der Waals surface area contributed by atoms with E-state index in [1.165, 1.54) is 0 Å². The van der Waals surface area contributed by atoms with Crippen LogP contribution >= 0.6 is 11.6 Å². The molecule has 19 heavy (non-hydrogen) atoms. The van der Waals surface area contributed by atoms with Crippen molar-refractivity contribution in [1.29, 1.82) is 0 Å². The van der Waals surface area contributed by atoms with E-state index in [2.05, 4.69) is 0 Å². The lowest BCUT2D eigenvalue weighted by Crippen LogP contribution is -2.42. The summed E-state index contributed by atoms with van der Waals surface area (Å²) in [5.74, 6) is 0.169. The molecule has 4 nitrogen and oxygen atoms in total. The van der Waals surface area contributed by atoms with Crippen molar-refractivity contribution in [3.8, 4) is 0 Å². The largest absolute Gasteiger partial charge is 0.388 e. The standard InChI is InChI=1S/C14H19ClN2O2/c15-12-3-1-10(2-4-12)14(19)11-5-7-17(8-6-11)13(18)9-16/h1-4,11,14,19H,5-9,16H2. The monoisotopic (exact) mass is 282 g/mol. The van der Waals surface area contributed by atoms with Crippen LogP contribution in [-0.4, -0.2) is 35.5 Å². The van der Waals surface area contributed by atoms with E-state index < -0.39 is 6.10 Å². The Morgan fingerprint density at radius 3 is 2.47 bits per heavy atom. The molecule has 1 unspecified atom stereocenters. The second kappa shape index (κ2) is 6.37. The molecule has 0 aromatic heterocycles. The second-order valence-electron chi connectivity index (χ2n) is 4.92. The van der Waals surface area contributed by atoms with Crippen molar-refractivity contribution >= 4 is 17.5 Å². The van der Waals surface area contributed by atoms with E-state index in [1.54, 1.807) is 17.0 Å². The van der Waals surface area contributed by atoms with Gasteiger partial charge >= 0.3 is 0 Å². The molecule has 104 valence electrons. The van der Waals surface area contributed by atoms with Crippen LogP contribution in [-0.2, 0) is 4.79 Å². The van der Waals surface area contributed by atoms with Crippen molar-refractivity contribution in [3.63, 3.8) is 0 Å². The third-order valence-corrected chi connectivity index (χ3v) is 3.98. The van der Waals surface area contributed by atoms with Crippen LogP contribution in [0.15, 0.2) is 24.3 Å². The zero-order valence-electron chi connectivity index (χ0n) is 10.8. The summed E-state index contributed by atoms with van der Waals surface area (Å²) in [6.07, 6.45) is 1.11. The van der Waals surface area contributed by atoms with Crippen LogP contribution in [0.4, 0.5) is 0 Å². The van der Waals surface area contributed by atoms with Crippen molar-refractivity contribution < 1.29 is 9.90 Å². The lowest BCUT2D eigenvalue weighted by atomic mass is 9.87. The Morgan fingerprint density at radius 2 is 1.95 bits per heavy atom. The average molecular weight is 283 g/mol. The van der Waals surface area contributed by atoms with E-state index in [4.69, 9.17) is 17.3 Å². The zero-order chi connectivity index (χ0) is 13.8. The number of likely N-dealkylation sites (tertiary alicyclic amines) is 1. The van der Waals surface area contributed by atoms with Crippen molar-refractivity contribution in [1.82, 2.24) is 4.90 Å². The molecule has 1 aromatic rings. The van der Waals surface area contributed by atoms with Crippen LogP contribution in [0.2, 0.25) is 5.02 Å². The van der Waals surface area contributed by atoms with Crippen molar-refractivity contribution in [3.05, 3.63) is 34.9 Å². The normalized spacial score (nSPS) is 18.4. The molecule has 0 saturated carbocycles. The molecule has 1 aromatic carbocycles. The van der Waals surface area contributed by atoms with Gasteiger partial charge in [0.25, 0.3) is 0 Å². The summed E-state index contributed by atoms with van der Waals surface area (Å²) in [6.45, 7) is 1.40. The van der Waals surface area contributed by atoms with E-state index in [1.807, 2.05) is 12.1 Å². The number of amides is 1. The highest BCUT2D eigenvalue weighted by Gasteiger charge is 2.27. The van der Waals surface area contributed by atoms with Gasteiger partial charge in [-0.05, 0) is 36.5 Å². The fourth-order valence-corrected chi connectivity index (χ4v) is 2.65. The number of carbonyl (C=O) groups is 1. The SMILES string of the molecule is NCC(=O)N1CCC(C(O)c2ccc(Cl)cc2)CC1. The van der Waals surface area contributed by atoms with Crippen molar-refractivity contribution in [2.24, 2.45) is 11.7 Å². The van der Waals surface area contributed by atoms with E-state index in [9.17, 15) is 9.90 Å². The molecule has 0 radical (unpaired) electrons. The molecule has 3 N–H and O–H groups in total. The van der Waals surface area contributed by atoms with Crippen LogP contribution in [0.1, 0.15) is 24.5 Å². The van der Waals surface area contributed by atoms with Gasteiger partial charge in [0.05, 0.1) is 12.6 Å². The minimum atomic E-state index is -0.493. The number of rotatable bonds is 3. The Hall–Kier alpha value is -1.10. The van der Waals surface area contributed by atoms with E-state index in [-0.39, 0.29) is 18.4 Å². The molecule has 0 bridgehead atoms. The van der Waals surface area contributed by atoms with Gasteiger partial charge < -0.3 is 15.7 Å². The van der Waals surface area contributed by atoms with Gasteiger partial charge in [-0.3, -0.25) is 4.79 Å². The number of carbonyl (C=O) groups excluding carboxylic acids is 1. The third kappa shape index (κ3) is 3.47. The number of benzene rings is 1. The minimum Gasteiger partial charge on any atom is -0.388 e. The van der Waals surface area contributed by atoms with Gasteiger partial charge in [0, 0.05) is 18.1 Å². The number of nitrogens with two attached hydrogens (primary N) is 1. The maximum Gasteiger partial charge on any atom is 0.236 e. The fourth-order valence-electron chi connectivity index (χ4n) is 2.53. The maximum atomic E-state index is 11.5. The average Bonchev–Trinajstić information content (AvgIpc) is 2.46. The predicted molar refractivity (Wildman–Crippen MR) is 74.8 cm³/mol. The Balaban J connectivity index is 1.94. The van der Waals surface area contributed by atoms with Gasteiger partial charge in [-0.2, -0.15) is 0 Å². The highest BCUT2D eigenvalue weighted by molar-refractivity contribution is 6.30. The van der Waals surface area contributed by atoms with Gasteiger partial charge in [-0.25, -0.2) is 0 Å². The molecule has 2 rings (SSSR count). The Morgan fingerprint density at radius 1 is 1.37 bits per heavy atom. The van der Waals surface area contributed by atoms with Crippen LogP contribution in [0, 0.1) is 5.92 Å². The Bertz CT molecular complexity index is 428. The number of piperidine rings is 1. The first kappa shape index (κ1) is 14.3. The molecule has 1 aliphatic heterocycles. The van der Waals surface area contributed by atoms with Crippen LogP contribution in [0.5, 0.6) is 0 Å². The molecule has 1 amide bonds. The van der Waals surface area contributed by atoms with Gasteiger partial charge in [-0.1, -0.05) is 23.7 Å². The molecule has 1 heterocycles. The molecular weight excluding hydrogens is 264 g/mol. The molecular formula is C14H19ClN2O2. The van der Waals surface area contributed by atoms with Gasteiger partial charge in [0.2, 0.25) is 5.91 Å². The lowest BCUT2D eigenvalue weighted by molar-refractivity contribution is -0.131. The quantitative estimate of drug-likeness (QED) is 0.884. The van der Waals surface area contributed by atoms with Gasteiger partial charge in [-0.15, -0.1) is 0 Å². The first-order valence-corrected chi connectivity index (χ1v) is 6.91. The van der Waals surface area contributed by atoms with Gasteiger partial charge in [0.15, 0.2) is 0 Å². The number of aliphatic hydroxyl groups excluding tert-OH is 1. The molecule has 5 heteroatoms. The van der Waals surface area contributed by atoms with Crippen LogP contribution in [0.3, 0.4) is 0 Å². The summed E-state index contributed by atoms with van der Waals surface area (Å²) in [5, 5.41) is 11.0. The minimum absolute atomic E-state index is 0.0144. The van der Waals surface area contributed by atoms with E-state index in [0.717, 1.165) is 18.4 Å². The zero-order valence-corrected chi connectivity index (χ0v) is 11.5. The summed E-state index contributed by atoms with van der Waals surface area (Å²) < 4.78 is 0. The lowest BCUT2D eigenvalue weighted by Gasteiger charge is -2.34. The third-order valence-electron chi connectivity index (χ3n) is 3.72. The molecule has 0 aliphatic carbocycles. The highest BCUT2D eigenvalue weighted by Crippen LogP contribution is 2.31. The second-order valence-corrected chi connectivity index (χ2v) is 5.36. The number of hydrogen-bond acceptors (Lipinski definition) is 3. The highest BCUT2D eigenvalue weighted by atomic mass is 35.5. The summed E-state index contributed by atoms with van der Waals surface area (Å²) in [6, 6.07) is 7.27. The van der Waals surface area contributed by atoms with Crippen LogP contribution < -0.4 is 5.73 Å². The molecule has 1 saturated heterocycles. The Kier molecular flexibility index (Phi) is 4.80. The first-order valence-electron chi connectivity index (χ1n) is 6.53. The molecule has 1 fully saturated rings. The number of halogens is 1. The molecule has 1 atom stereocenters. The maximum absolute atomic E-state index is 11.5. The number of nitrogens with zero attached hydrogens (tertiary/aromatic N) is 1. The summed E-state index contributed by atoms with van der Waals surface area (Å²) in [7, 11) is 0. The fraction of sp³-hybridized carbons (Fsp3) is 0.500. The summed E-state index contributed by atoms with van der Waals surface area (Å²) in [4.78, 5) is 13.2. The van der Waals surface area contributed by atoms with Crippen LogP contribution in [0.25, 0.3) is 0 Å². The first-order chi connectivity index (χ1) is 9.11. The van der Waals surface area contributed by atoms with E-state index in [0.29, 0.717) is 18.1 Å². The topological polar surface area (TPSA) is 66.6 Å². The summed E-state index contributed by atoms with van der Waals surface area (Å²) in [5.41, 5.74) is 6.23. The van der Waals surface area contributed by atoms with Crippen molar-refractivity contribution in [2.45, 2.75) is 18.9 Å². The van der Waals surface area contributed by atoms with Gasteiger partial charge in [0.1, 0.15) is 0 Å². The predicted octanol–water partition coefficient (Wildman–Crippen LogP) is 1.57. The number of aliphatic hydroxyl groups is 1. The van der Waals surface area contributed by atoms with Crippen molar-refractivity contribution in [2.75, 3.05) is 19.6 Å². The molecule has 0 spiro atoms. The molecule has 1 aliphatic rings. The number of hydrogen-bond donors (Lipinski definition) is 2. The van der Waals surface area contributed by atoms with E-state index >= 15 is 0 Å². The smallest absolute Gasteiger partial charge is 0.236 e. The Labute approximate surface area is 118 Å².